The Bertz CT molecular complexity index is 808. The van der Waals surface area contributed by atoms with Gasteiger partial charge in [0, 0.05) is 29.0 Å². The number of unbranched alkanes of at least 4 members (excludes halogenated alkanes) is 1. The number of benzene rings is 2. The molecule has 5 heteroatoms. The number of hydrogen-bond acceptors (Lipinski definition) is 5. The minimum Gasteiger partial charge on any atom is -0.464 e. The van der Waals surface area contributed by atoms with Crippen LogP contribution < -0.4 is 9.64 Å². The Balaban J connectivity index is 2.01. The molecule has 0 spiro atoms. The third kappa shape index (κ3) is 5.15. The van der Waals surface area contributed by atoms with E-state index in [1.807, 2.05) is 11.8 Å². The predicted octanol–water partition coefficient (Wildman–Crippen LogP) is 6.55. The molecule has 0 amide bonds. The van der Waals surface area contributed by atoms with Crippen molar-refractivity contribution in [1.29, 1.82) is 0 Å². The highest BCUT2D eigenvalue weighted by Gasteiger charge is 2.25. The molecule has 0 aliphatic carbocycles. The molecule has 28 heavy (non-hydrogen) atoms. The highest BCUT2D eigenvalue weighted by molar-refractivity contribution is 7.99. The van der Waals surface area contributed by atoms with Gasteiger partial charge in [-0.15, -0.1) is 23.5 Å². The SMILES string of the molecule is CCCCC1CSc2cc(O/C=C/C=O)c(SC)cc2N(c2ccccc2)C1. The number of carbonyl (C=O) groups is 1. The second-order valence-corrected chi connectivity index (χ2v) is 8.73. The van der Waals surface area contributed by atoms with Crippen LogP contribution in [-0.4, -0.2) is 24.8 Å². The summed E-state index contributed by atoms with van der Waals surface area (Å²) in [6, 6.07) is 15.0. The van der Waals surface area contributed by atoms with Gasteiger partial charge in [0.05, 0.1) is 16.8 Å². The quantitative estimate of drug-likeness (QED) is 0.212. The summed E-state index contributed by atoms with van der Waals surface area (Å²) in [6.07, 6.45) is 9.36. The molecule has 1 atom stereocenters. The third-order valence-corrected chi connectivity index (χ3v) is 6.87. The molecule has 0 saturated heterocycles. The molecule has 3 nitrogen and oxygen atoms in total. The van der Waals surface area contributed by atoms with Gasteiger partial charge >= 0.3 is 0 Å². The number of aldehydes is 1. The zero-order valence-electron chi connectivity index (χ0n) is 16.5. The summed E-state index contributed by atoms with van der Waals surface area (Å²) in [5.41, 5.74) is 2.47. The van der Waals surface area contributed by atoms with E-state index in [0.717, 1.165) is 29.2 Å². The summed E-state index contributed by atoms with van der Waals surface area (Å²) in [4.78, 5) is 15.3. The zero-order chi connectivity index (χ0) is 19.8. The van der Waals surface area contributed by atoms with Crippen LogP contribution in [0.15, 0.2) is 64.6 Å². The van der Waals surface area contributed by atoms with Crippen LogP contribution in [0.5, 0.6) is 5.75 Å². The molecule has 3 rings (SSSR count). The van der Waals surface area contributed by atoms with Gasteiger partial charge in [-0.25, -0.2) is 0 Å². The predicted molar refractivity (Wildman–Crippen MR) is 121 cm³/mol. The van der Waals surface area contributed by atoms with Crippen LogP contribution in [-0.2, 0) is 4.79 Å². The molecule has 0 N–H and O–H groups in total. The van der Waals surface area contributed by atoms with Crippen LogP contribution in [0, 0.1) is 5.92 Å². The smallest absolute Gasteiger partial charge is 0.145 e. The number of rotatable bonds is 8. The normalized spacial score (nSPS) is 16.6. The fourth-order valence-electron chi connectivity index (χ4n) is 3.39. The monoisotopic (exact) mass is 413 g/mol. The van der Waals surface area contributed by atoms with Gasteiger partial charge in [0.25, 0.3) is 0 Å². The van der Waals surface area contributed by atoms with Crippen LogP contribution in [0.4, 0.5) is 11.4 Å². The first-order valence-corrected chi connectivity index (χ1v) is 11.9. The van der Waals surface area contributed by atoms with Crippen molar-refractivity contribution in [3.63, 3.8) is 0 Å². The van der Waals surface area contributed by atoms with Gasteiger partial charge in [-0.05, 0) is 42.9 Å². The highest BCUT2D eigenvalue weighted by atomic mass is 32.2. The number of anilines is 2. The van der Waals surface area contributed by atoms with E-state index in [0.29, 0.717) is 5.92 Å². The van der Waals surface area contributed by atoms with Crippen LogP contribution >= 0.6 is 23.5 Å². The van der Waals surface area contributed by atoms with Crippen molar-refractivity contribution in [3.8, 4) is 5.75 Å². The molecule has 0 radical (unpaired) electrons. The van der Waals surface area contributed by atoms with Crippen molar-refractivity contribution in [2.24, 2.45) is 5.92 Å². The highest BCUT2D eigenvalue weighted by Crippen LogP contribution is 2.45. The lowest BCUT2D eigenvalue weighted by Crippen LogP contribution is -2.25. The molecule has 0 saturated carbocycles. The maximum atomic E-state index is 10.6. The number of fused-ring (bicyclic) bond motifs is 1. The molecular weight excluding hydrogens is 386 g/mol. The number of thioether (sulfide) groups is 2. The van der Waals surface area contributed by atoms with Crippen LogP contribution in [0.1, 0.15) is 26.2 Å². The second kappa shape index (κ2) is 10.6. The Kier molecular flexibility index (Phi) is 7.92. The van der Waals surface area contributed by atoms with Crippen molar-refractivity contribution in [2.75, 3.05) is 23.5 Å². The minimum absolute atomic E-state index is 0.648. The van der Waals surface area contributed by atoms with Crippen molar-refractivity contribution < 1.29 is 9.53 Å². The van der Waals surface area contributed by atoms with E-state index in [4.69, 9.17) is 4.74 Å². The number of para-hydroxylation sites is 1. The first kappa shape index (κ1) is 20.9. The standard InChI is InChI=1S/C23H27NO2S2/c1-3-4-9-18-16-24(19-10-6-5-7-11-19)20-14-23(27-2)21(26-13-8-12-25)15-22(20)28-17-18/h5-8,10-15,18H,3-4,9,16-17H2,1-2H3/b13-8+. The molecule has 0 fully saturated rings. The Morgan fingerprint density at radius 2 is 2.11 bits per heavy atom. The molecule has 2 aromatic rings. The molecule has 1 aliphatic heterocycles. The van der Waals surface area contributed by atoms with Gasteiger partial charge < -0.3 is 9.64 Å². The third-order valence-electron chi connectivity index (χ3n) is 4.84. The average molecular weight is 414 g/mol. The molecule has 1 aliphatic rings. The first-order chi connectivity index (χ1) is 13.8. The molecule has 1 heterocycles. The topological polar surface area (TPSA) is 29.5 Å². The fraction of sp³-hybridized carbons (Fsp3) is 0.348. The summed E-state index contributed by atoms with van der Waals surface area (Å²) >= 11 is 3.58. The van der Waals surface area contributed by atoms with Gasteiger partial charge in [0.1, 0.15) is 12.0 Å². The number of nitrogens with zero attached hydrogens (tertiary/aromatic N) is 1. The molecule has 0 bridgehead atoms. The lowest BCUT2D eigenvalue weighted by Gasteiger charge is -2.28. The largest absolute Gasteiger partial charge is 0.464 e. The van der Waals surface area contributed by atoms with Gasteiger partial charge in [-0.1, -0.05) is 38.0 Å². The number of ether oxygens (including phenoxy) is 1. The van der Waals surface area contributed by atoms with Crippen LogP contribution in [0.2, 0.25) is 0 Å². The lowest BCUT2D eigenvalue weighted by atomic mass is 10.0. The van der Waals surface area contributed by atoms with Crippen molar-refractivity contribution in [1.82, 2.24) is 0 Å². The van der Waals surface area contributed by atoms with Crippen LogP contribution in [0.3, 0.4) is 0 Å². The van der Waals surface area contributed by atoms with Gasteiger partial charge in [0.15, 0.2) is 0 Å². The zero-order valence-corrected chi connectivity index (χ0v) is 18.1. The van der Waals surface area contributed by atoms with Crippen molar-refractivity contribution >= 4 is 41.2 Å². The Morgan fingerprint density at radius 3 is 2.82 bits per heavy atom. The molecular formula is C23H27NO2S2. The fourth-order valence-corrected chi connectivity index (χ4v) is 5.12. The number of allylic oxidation sites excluding steroid dienone is 1. The Morgan fingerprint density at radius 1 is 1.29 bits per heavy atom. The van der Waals surface area contributed by atoms with Gasteiger partial charge in [-0.2, -0.15) is 0 Å². The Hall–Kier alpha value is -1.85. The lowest BCUT2D eigenvalue weighted by molar-refractivity contribution is -0.104. The van der Waals surface area contributed by atoms with E-state index in [1.165, 1.54) is 47.9 Å². The Labute approximate surface area is 176 Å². The van der Waals surface area contributed by atoms with Crippen molar-refractivity contribution in [2.45, 2.75) is 36.0 Å². The number of carbonyl (C=O) groups excluding carboxylic acids is 1. The maximum Gasteiger partial charge on any atom is 0.145 e. The average Bonchev–Trinajstić information content (AvgIpc) is 2.91. The van der Waals surface area contributed by atoms with E-state index in [2.05, 4.69) is 60.5 Å². The molecule has 2 aromatic carbocycles. The molecule has 0 aromatic heterocycles. The first-order valence-electron chi connectivity index (χ1n) is 9.71. The second-order valence-electron chi connectivity index (χ2n) is 6.82. The van der Waals surface area contributed by atoms with Crippen LogP contribution in [0.25, 0.3) is 0 Å². The molecule has 148 valence electrons. The van der Waals surface area contributed by atoms with E-state index in [1.54, 1.807) is 11.8 Å². The van der Waals surface area contributed by atoms with Gasteiger partial charge in [-0.3, -0.25) is 4.79 Å². The van der Waals surface area contributed by atoms with Gasteiger partial charge in [0.2, 0.25) is 0 Å². The minimum atomic E-state index is 0.648. The molecule has 1 unspecified atom stereocenters. The maximum absolute atomic E-state index is 10.6. The summed E-state index contributed by atoms with van der Waals surface area (Å²) in [5.74, 6) is 2.56. The van der Waals surface area contributed by atoms with E-state index < -0.39 is 0 Å². The van der Waals surface area contributed by atoms with Crippen molar-refractivity contribution in [3.05, 3.63) is 54.8 Å². The number of hydrogen-bond donors (Lipinski definition) is 0. The van der Waals surface area contributed by atoms with E-state index >= 15 is 0 Å². The van der Waals surface area contributed by atoms with E-state index in [9.17, 15) is 4.79 Å². The summed E-state index contributed by atoms with van der Waals surface area (Å²) in [5, 5.41) is 0. The van der Waals surface area contributed by atoms with E-state index in [-0.39, 0.29) is 0 Å². The summed E-state index contributed by atoms with van der Waals surface area (Å²) in [6.45, 7) is 3.29. The summed E-state index contributed by atoms with van der Waals surface area (Å²) in [7, 11) is 0. The summed E-state index contributed by atoms with van der Waals surface area (Å²) < 4.78 is 5.74.